The molecule has 0 fully saturated rings. The summed E-state index contributed by atoms with van der Waals surface area (Å²) in [5.74, 6) is 1.03. The Morgan fingerprint density at radius 3 is 2.00 bits per heavy atom. The molecule has 0 aromatic rings. The monoisotopic (exact) mass is 267 g/mol. The second-order valence-electron chi connectivity index (χ2n) is 5.79. The normalized spacial score (nSPS) is 22.4. The highest BCUT2D eigenvalue weighted by Gasteiger charge is 2.27. The Labute approximate surface area is 120 Å². The Kier molecular flexibility index (Phi) is 8.94. The van der Waals surface area contributed by atoms with Gasteiger partial charge in [0.2, 0.25) is 0 Å². The minimum atomic E-state index is 0.356. The van der Waals surface area contributed by atoms with E-state index in [0.29, 0.717) is 12.1 Å². The zero-order valence-corrected chi connectivity index (χ0v) is 13.3. The lowest BCUT2D eigenvalue weighted by molar-refractivity contribution is 0.180. The van der Waals surface area contributed by atoms with Gasteiger partial charge in [-0.3, -0.25) is 0 Å². The van der Waals surface area contributed by atoms with Crippen LogP contribution in [-0.2, 0) is 4.74 Å². The van der Waals surface area contributed by atoms with Gasteiger partial charge < -0.3 is 4.74 Å². The summed E-state index contributed by atoms with van der Waals surface area (Å²) in [6.07, 6.45) is 14.6. The van der Waals surface area contributed by atoms with Crippen LogP contribution in [0.25, 0.3) is 0 Å². The van der Waals surface area contributed by atoms with E-state index in [9.17, 15) is 0 Å². The van der Waals surface area contributed by atoms with Gasteiger partial charge in [0.05, 0.1) is 6.04 Å². The van der Waals surface area contributed by atoms with E-state index in [1.807, 2.05) is 0 Å². The fraction of sp³-hybridized carbons (Fsp3) is 0.941. The summed E-state index contributed by atoms with van der Waals surface area (Å²) < 4.78 is 5.92. The third kappa shape index (κ3) is 6.44. The van der Waals surface area contributed by atoms with Gasteiger partial charge in [-0.15, -0.1) is 0 Å². The second kappa shape index (κ2) is 10.3. The number of rotatable bonds is 11. The van der Waals surface area contributed by atoms with Crippen LogP contribution in [0.2, 0.25) is 0 Å². The predicted molar refractivity (Wildman–Crippen MR) is 83.9 cm³/mol. The highest BCUT2D eigenvalue weighted by molar-refractivity contribution is 5.78. The summed E-state index contributed by atoms with van der Waals surface area (Å²) >= 11 is 0. The average molecular weight is 267 g/mol. The molecule has 0 spiro atoms. The van der Waals surface area contributed by atoms with Gasteiger partial charge in [0, 0.05) is 6.42 Å². The Hall–Kier alpha value is -0.530. The molecule has 2 heteroatoms. The van der Waals surface area contributed by atoms with Crippen LogP contribution < -0.4 is 0 Å². The van der Waals surface area contributed by atoms with Crippen LogP contribution in [0.3, 0.4) is 0 Å². The van der Waals surface area contributed by atoms with E-state index in [1.54, 1.807) is 0 Å². The number of nitrogens with zero attached hydrogens (tertiary/aromatic N) is 1. The average Bonchev–Trinajstić information content (AvgIpc) is 2.84. The third-order valence-corrected chi connectivity index (χ3v) is 4.09. The van der Waals surface area contributed by atoms with Crippen molar-refractivity contribution in [2.24, 2.45) is 4.99 Å². The number of aliphatic imine (C=N–C) groups is 1. The fourth-order valence-corrected chi connectivity index (χ4v) is 2.79. The Balaban J connectivity index is 2.01. The van der Waals surface area contributed by atoms with Gasteiger partial charge in [-0.1, -0.05) is 65.7 Å². The molecule has 0 bridgehead atoms. The second-order valence-corrected chi connectivity index (χ2v) is 5.79. The lowest BCUT2D eigenvalue weighted by Gasteiger charge is -2.13. The molecule has 2 nitrogen and oxygen atoms in total. The summed E-state index contributed by atoms with van der Waals surface area (Å²) in [7, 11) is 0. The molecule has 0 aliphatic carbocycles. The van der Waals surface area contributed by atoms with E-state index in [-0.39, 0.29) is 0 Å². The predicted octanol–water partition coefficient (Wildman–Crippen LogP) is 5.50. The lowest BCUT2D eigenvalue weighted by Crippen LogP contribution is -2.20. The van der Waals surface area contributed by atoms with Crippen molar-refractivity contribution < 1.29 is 4.74 Å². The van der Waals surface area contributed by atoms with Gasteiger partial charge >= 0.3 is 0 Å². The molecule has 112 valence electrons. The SMILES string of the molecule is CCCCCCCCCCC1=NC(CC)C(CC)O1. The van der Waals surface area contributed by atoms with Gasteiger partial charge in [0.1, 0.15) is 6.10 Å². The molecule has 0 amide bonds. The van der Waals surface area contributed by atoms with Gasteiger partial charge in [0.25, 0.3) is 0 Å². The van der Waals surface area contributed by atoms with E-state index < -0.39 is 0 Å². The van der Waals surface area contributed by atoms with Crippen LogP contribution >= 0.6 is 0 Å². The van der Waals surface area contributed by atoms with Gasteiger partial charge in [-0.05, 0) is 19.3 Å². The van der Waals surface area contributed by atoms with E-state index in [0.717, 1.165) is 25.2 Å². The molecule has 1 aliphatic heterocycles. The van der Waals surface area contributed by atoms with Crippen molar-refractivity contribution in [2.45, 2.75) is 104 Å². The smallest absolute Gasteiger partial charge is 0.184 e. The maximum absolute atomic E-state index is 5.92. The zero-order chi connectivity index (χ0) is 13.9. The van der Waals surface area contributed by atoms with Gasteiger partial charge in [-0.2, -0.15) is 0 Å². The van der Waals surface area contributed by atoms with Crippen molar-refractivity contribution in [3.05, 3.63) is 0 Å². The Morgan fingerprint density at radius 1 is 0.842 bits per heavy atom. The highest BCUT2D eigenvalue weighted by atomic mass is 16.5. The maximum Gasteiger partial charge on any atom is 0.184 e. The topological polar surface area (TPSA) is 21.6 Å². The first-order valence-electron chi connectivity index (χ1n) is 8.55. The number of hydrogen-bond donors (Lipinski definition) is 0. The Bertz CT molecular complexity index is 250. The minimum absolute atomic E-state index is 0.356. The Morgan fingerprint density at radius 2 is 1.47 bits per heavy atom. The molecule has 2 unspecified atom stereocenters. The number of hydrogen-bond acceptors (Lipinski definition) is 2. The highest BCUT2D eigenvalue weighted by Crippen LogP contribution is 2.21. The summed E-state index contributed by atoms with van der Waals surface area (Å²) in [6, 6.07) is 0.425. The molecule has 0 aromatic carbocycles. The standard InChI is InChI=1S/C17H33NO/c1-4-7-8-9-10-11-12-13-14-17-18-15(5-2)16(6-3)19-17/h15-16H,4-14H2,1-3H3. The molecule has 2 atom stereocenters. The van der Waals surface area contributed by atoms with Crippen molar-refractivity contribution in [1.29, 1.82) is 0 Å². The molecule has 0 saturated carbocycles. The minimum Gasteiger partial charge on any atom is -0.475 e. The molecular formula is C17H33NO. The number of ether oxygens (including phenoxy) is 1. The van der Waals surface area contributed by atoms with Crippen molar-refractivity contribution >= 4 is 5.90 Å². The van der Waals surface area contributed by atoms with E-state index in [2.05, 4.69) is 20.8 Å². The maximum atomic E-state index is 5.92. The van der Waals surface area contributed by atoms with Crippen molar-refractivity contribution in [3.8, 4) is 0 Å². The van der Waals surface area contributed by atoms with Crippen molar-refractivity contribution in [2.75, 3.05) is 0 Å². The van der Waals surface area contributed by atoms with Crippen LogP contribution in [0.4, 0.5) is 0 Å². The van der Waals surface area contributed by atoms with Crippen LogP contribution in [-0.4, -0.2) is 18.0 Å². The first-order valence-corrected chi connectivity index (χ1v) is 8.55. The van der Waals surface area contributed by atoms with Crippen molar-refractivity contribution in [3.63, 3.8) is 0 Å². The summed E-state index contributed by atoms with van der Waals surface area (Å²) in [6.45, 7) is 6.68. The van der Waals surface area contributed by atoms with Crippen LogP contribution in [0.1, 0.15) is 91.4 Å². The number of unbranched alkanes of at least 4 members (excludes halogenated alkanes) is 7. The van der Waals surface area contributed by atoms with Crippen LogP contribution in [0.5, 0.6) is 0 Å². The first kappa shape index (κ1) is 16.5. The zero-order valence-electron chi connectivity index (χ0n) is 13.3. The molecule has 1 aliphatic rings. The quantitative estimate of drug-likeness (QED) is 0.453. The molecule has 0 N–H and O–H groups in total. The van der Waals surface area contributed by atoms with Crippen LogP contribution in [0.15, 0.2) is 4.99 Å². The molecule has 0 saturated heterocycles. The third-order valence-electron chi connectivity index (χ3n) is 4.09. The summed E-state index contributed by atoms with van der Waals surface area (Å²) in [5.41, 5.74) is 0. The molecule has 0 radical (unpaired) electrons. The van der Waals surface area contributed by atoms with Gasteiger partial charge in [0.15, 0.2) is 5.90 Å². The molecule has 1 rings (SSSR count). The fourth-order valence-electron chi connectivity index (χ4n) is 2.79. The first-order chi connectivity index (χ1) is 9.31. The van der Waals surface area contributed by atoms with E-state index in [4.69, 9.17) is 9.73 Å². The molecule has 1 heterocycles. The lowest BCUT2D eigenvalue weighted by atomic mass is 10.1. The molecular weight excluding hydrogens is 234 g/mol. The summed E-state index contributed by atoms with van der Waals surface area (Å²) in [4.78, 5) is 4.71. The van der Waals surface area contributed by atoms with Crippen LogP contribution in [0, 0.1) is 0 Å². The molecule has 0 aromatic heterocycles. The summed E-state index contributed by atoms with van der Waals surface area (Å²) in [5, 5.41) is 0. The van der Waals surface area contributed by atoms with E-state index >= 15 is 0 Å². The van der Waals surface area contributed by atoms with E-state index in [1.165, 1.54) is 51.4 Å². The van der Waals surface area contributed by atoms with Gasteiger partial charge in [-0.25, -0.2) is 4.99 Å². The largest absolute Gasteiger partial charge is 0.475 e. The molecule has 19 heavy (non-hydrogen) atoms. The van der Waals surface area contributed by atoms with Crippen molar-refractivity contribution in [1.82, 2.24) is 0 Å².